The van der Waals surface area contributed by atoms with Gasteiger partial charge in [0.05, 0.1) is 12.5 Å². The van der Waals surface area contributed by atoms with Crippen LogP contribution in [-0.2, 0) is 9.53 Å². The van der Waals surface area contributed by atoms with E-state index in [1.165, 1.54) is 17.0 Å². The lowest BCUT2D eigenvalue weighted by Crippen LogP contribution is -2.37. The molecule has 1 aromatic rings. The Morgan fingerprint density at radius 2 is 2.32 bits per heavy atom. The minimum Gasteiger partial charge on any atom is -0.481 e. The Labute approximate surface area is 114 Å². The van der Waals surface area contributed by atoms with Crippen molar-refractivity contribution < 1.29 is 23.8 Å². The molecule has 1 aromatic heterocycles. The predicted molar refractivity (Wildman–Crippen MR) is 66.2 cm³/mol. The molecule has 2 rings (SSSR count). The molecule has 104 valence electrons. The number of carboxylic acid groups (broad SMARTS) is 1. The van der Waals surface area contributed by atoms with E-state index >= 15 is 0 Å². The van der Waals surface area contributed by atoms with Gasteiger partial charge in [-0.15, -0.1) is 0 Å². The lowest BCUT2D eigenvalue weighted by molar-refractivity contribution is -0.138. The molecule has 0 aliphatic carbocycles. The Bertz CT molecular complexity index is 486. The number of hydrogen-bond acceptors (Lipinski definition) is 4. The number of ether oxygens (including phenoxy) is 1. The first-order chi connectivity index (χ1) is 9.01. The molecule has 2 unspecified atom stereocenters. The molecule has 2 heterocycles. The van der Waals surface area contributed by atoms with Crippen LogP contribution in [0, 0.1) is 0 Å². The number of nitrogens with zero attached hydrogens (tertiary/aromatic N) is 1. The maximum Gasteiger partial charge on any atom is 0.305 e. The Balaban J connectivity index is 2.15. The first kappa shape index (κ1) is 13.9. The van der Waals surface area contributed by atoms with E-state index in [1.807, 2.05) is 0 Å². The Kier molecular flexibility index (Phi) is 4.11. The largest absolute Gasteiger partial charge is 0.481 e. The Morgan fingerprint density at radius 3 is 2.84 bits per heavy atom. The van der Waals surface area contributed by atoms with Crippen LogP contribution < -0.4 is 0 Å². The van der Waals surface area contributed by atoms with Gasteiger partial charge >= 0.3 is 5.97 Å². The zero-order chi connectivity index (χ0) is 14.0. The van der Waals surface area contributed by atoms with Gasteiger partial charge in [-0.2, -0.15) is 0 Å². The highest BCUT2D eigenvalue weighted by Gasteiger charge is 2.37. The summed E-state index contributed by atoms with van der Waals surface area (Å²) in [5.41, 5.74) is 0. The fraction of sp³-hybridized carbons (Fsp3) is 0.500. The summed E-state index contributed by atoms with van der Waals surface area (Å²) in [4.78, 5) is 24.5. The van der Waals surface area contributed by atoms with Gasteiger partial charge in [0.2, 0.25) is 0 Å². The highest BCUT2D eigenvalue weighted by atomic mass is 35.5. The van der Waals surface area contributed by atoms with E-state index < -0.39 is 5.97 Å². The molecule has 0 bridgehead atoms. The zero-order valence-corrected chi connectivity index (χ0v) is 11.1. The number of carboxylic acids is 1. The smallest absolute Gasteiger partial charge is 0.305 e. The van der Waals surface area contributed by atoms with Crippen LogP contribution in [0.2, 0.25) is 5.22 Å². The third kappa shape index (κ3) is 3.08. The van der Waals surface area contributed by atoms with Crippen molar-refractivity contribution in [2.45, 2.75) is 25.0 Å². The van der Waals surface area contributed by atoms with E-state index in [2.05, 4.69) is 0 Å². The van der Waals surface area contributed by atoms with Crippen LogP contribution >= 0.6 is 11.6 Å². The van der Waals surface area contributed by atoms with E-state index in [1.54, 1.807) is 7.11 Å². The average Bonchev–Trinajstić information content (AvgIpc) is 2.94. The molecule has 6 nitrogen and oxygen atoms in total. The van der Waals surface area contributed by atoms with Crippen LogP contribution in [0.1, 0.15) is 23.4 Å². The average molecular weight is 288 g/mol. The number of halogens is 1. The lowest BCUT2D eigenvalue weighted by Gasteiger charge is -2.21. The molecule has 1 amide bonds. The van der Waals surface area contributed by atoms with E-state index in [0.717, 1.165) is 0 Å². The van der Waals surface area contributed by atoms with Crippen LogP contribution in [0.15, 0.2) is 16.5 Å². The van der Waals surface area contributed by atoms with Crippen molar-refractivity contribution in [2.75, 3.05) is 13.7 Å². The van der Waals surface area contributed by atoms with Gasteiger partial charge in [-0.05, 0) is 30.2 Å². The summed E-state index contributed by atoms with van der Waals surface area (Å²) in [5, 5.41) is 9.01. The van der Waals surface area contributed by atoms with Gasteiger partial charge in [0.15, 0.2) is 11.0 Å². The summed E-state index contributed by atoms with van der Waals surface area (Å²) in [6.07, 6.45) is 0.238. The molecule has 0 spiro atoms. The second-order valence-electron chi connectivity index (χ2n) is 4.41. The maximum atomic E-state index is 12.2. The first-order valence-electron chi connectivity index (χ1n) is 5.82. The first-order valence-corrected chi connectivity index (χ1v) is 6.20. The molecule has 19 heavy (non-hydrogen) atoms. The minimum atomic E-state index is -0.947. The monoisotopic (exact) mass is 287 g/mol. The molecule has 1 saturated heterocycles. The summed E-state index contributed by atoms with van der Waals surface area (Å²) in [7, 11) is 1.54. The number of methoxy groups -OCH3 is 1. The quantitative estimate of drug-likeness (QED) is 0.910. The second-order valence-corrected chi connectivity index (χ2v) is 4.78. The van der Waals surface area contributed by atoms with E-state index in [-0.39, 0.29) is 35.5 Å². The van der Waals surface area contributed by atoms with Crippen LogP contribution in [0.4, 0.5) is 0 Å². The van der Waals surface area contributed by atoms with Gasteiger partial charge in [-0.3, -0.25) is 9.59 Å². The summed E-state index contributed by atoms with van der Waals surface area (Å²) in [6.45, 7) is 0.353. The fourth-order valence-electron chi connectivity index (χ4n) is 2.26. The molecule has 1 aliphatic heterocycles. The summed E-state index contributed by atoms with van der Waals surface area (Å²) >= 11 is 5.63. The highest BCUT2D eigenvalue weighted by Crippen LogP contribution is 2.26. The molecule has 1 N–H and O–H groups in total. The fourth-order valence-corrected chi connectivity index (χ4v) is 2.41. The Hall–Kier alpha value is -1.53. The molecule has 0 radical (unpaired) electrons. The third-order valence-electron chi connectivity index (χ3n) is 3.16. The summed E-state index contributed by atoms with van der Waals surface area (Å²) in [6, 6.07) is 2.56. The number of likely N-dealkylation sites (tertiary alicyclic amines) is 1. The SMILES string of the molecule is COC1CC(CC(=O)O)N(C(=O)c2ccc(Cl)o2)C1. The summed E-state index contributed by atoms with van der Waals surface area (Å²) < 4.78 is 10.3. The van der Waals surface area contributed by atoms with Crippen LogP contribution in [-0.4, -0.2) is 47.7 Å². The molecule has 7 heteroatoms. The van der Waals surface area contributed by atoms with Crippen molar-refractivity contribution in [3.05, 3.63) is 23.1 Å². The number of aliphatic carboxylic acids is 1. The van der Waals surface area contributed by atoms with Gasteiger partial charge in [0.1, 0.15) is 0 Å². The topological polar surface area (TPSA) is 80.0 Å². The molecule has 2 atom stereocenters. The van der Waals surface area contributed by atoms with Crippen LogP contribution in [0.3, 0.4) is 0 Å². The number of rotatable bonds is 4. The van der Waals surface area contributed by atoms with Crippen molar-refractivity contribution in [2.24, 2.45) is 0 Å². The highest BCUT2D eigenvalue weighted by molar-refractivity contribution is 6.29. The van der Waals surface area contributed by atoms with Crippen molar-refractivity contribution in [3.63, 3.8) is 0 Å². The molecule has 1 fully saturated rings. The van der Waals surface area contributed by atoms with Gasteiger partial charge in [-0.25, -0.2) is 0 Å². The number of furan rings is 1. The van der Waals surface area contributed by atoms with Gasteiger partial charge in [0, 0.05) is 19.7 Å². The van der Waals surface area contributed by atoms with E-state index in [0.29, 0.717) is 13.0 Å². The number of carbonyl (C=O) groups is 2. The van der Waals surface area contributed by atoms with Gasteiger partial charge in [0.25, 0.3) is 5.91 Å². The predicted octanol–water partition coefficient (Wildman–Crippen LogP) is 1.64. The molecular formula is C12H14ClNO5. The lowest BCUT2D eigenvalue weighted by atomic mass is 10.1. The van der Waals surface area contributed by atoms with Crippen molar-refractivity contribution in [1.82, 2.24) is 4.90 Å². The van der Waals surface area contributed by atoms with E-state index in [9.17, 15) is 9.59 Å². The van der Waals surface area contributed by atoms with Crippen LogP contribution in [0.5, 0.6) is 0 Å². The standard InChI is InChI=1S/C12H14ClNO5/c1-18-8-4-7(5-11(15)16)14(6-8)12(17)9-2-3-10(13)19-9/h2-3,7-8H,4-6H2,1H3,(H,15,16). The summed E-state index contributed by atoms with van der Waals surface area (Å²) in [5.74, 6) is -1.20. The zero-order valence-electron chi connectivity index (χ0n) is 10.3. The van der Waals surface area contributed by atoms with Crippen molar-refractivity contribution in [3.8, 4) is 0 Å². The molecular weight excluding hydrogens is 274 g/mol. The van der Waals surface area contributed by atoms with Crippen molar-refractivity contribution in [1.29, 1.82) is 0 Å². The molecule has 1 aliphatic rings. The van der Waals surface area contributed by atoms with Crippen LogP contribution in [0.25, 0.3) is 0 Å². The minimum absolute atomic E-state index is 0.108. The van der Waals surface area contributed by atoms with E-state index in [4.69, 9.17) is 25.9 Å². The number of amides is 1. The second kappa shape index (κ2) is 5.63. The van der Waals surface area contributed by atoms with Gasteiger partial charge in [-0.1, -0.05) is 0 Å². The third-order valence-corrected chi connectivity index (χ3v) is 3.37. The Morgan fingerprint density at radius 1 is 1.58 bits per heavy atom. The van der Waals surface area contributed by atoms with Crippen molar-refractivity contribution >= 4 is 23.5 Å². The number of hydrogen-bond donors (Lipinski definition) is 1. The van der Waals surface area contributed by atoms with Gasteiger partial charge < -0.3 is 19.2 Å². The number of carbonyl (C=O) groups excluding carboxylic acids is 1. The molecule has 0 aromatic carbocycles. The maximum absolute atomic E-state index is 12.2. The normalized spacial score (nSPS) is 22.7. The molecule has 0 saturated carbocycles.